The zero-order valence-electron chi connectivity index (χ0n) is 9.78. The molecule has 94 valence electrons. The number of rotatable bonds is 3. The Morgan fingerprint density at radius 3 is 2.41 bits per heavy atom. The second-order valence-electron chi connectivity index (χ2n) is 4.71. The smallest absolute Gasteiger partial charge is 0.326 e. The van der Waals surface area contributed by atoms with E-state index in [9.17, 15) is 9.59 Å². The largest absolute Gasteiger partial charge is 0.480 e. The van der Waals surface area contributed by atoms with E-state index < -0.39 is 23.3 Å². The number of aliphatic carboxylic acids is 1. The first-order valence-corrected chi connectivity index (χ1v) is 6.26. The van der Waals surface area contributed by atoms with Gasteiger partial charge < -0.3 is 10.4 Å². The molecular formula is C11H14ClNO3S. The lowest BCUT2D eigenvalue weighted by atomic mass is 9.87. The summed E-state index contributed by atoms with van der Waals surface area (Å²) in [5.74, 6) is -1.51. The summed E-state index contributed by atoms with van der Waals surface area (Å²) in [7, 11) is 0. The van der Waals surface area contributed by atoms with Gasteiger partial charge in [0.25, 0.3) is 5.91 Å². The number of amides is 1. The molecule has 0 saturated carbocycles. The van der Waals surface area contributed by atoms with Crippen LogP contribution in [0.25, 0.3) is 0 Å². The van der Waals surface area contributed by atoms with Crippen LogP contribution in [0.15, 0.2) is 11.4 Å². The number of carboxylic acids is 1. The zero-order valence-corrected chi connectivity index (χ0v) is 11.4. The molecule has 0 radical (unpaired) electrons. The number of hydrogen-bond donors (Lipinski definition) is 2. The predicted molar refractivity (Wildman–Crippen MR) is 67.7 cm³/mol. The van der Waals surface area contributed by atoms with Crippen LogP contribution in [-0.2, 0) is 4.79 Å². The van der Waals surface area contributed by atoms with Crippen LogP contribution in [0, 0.1) is 5.41 Å². The third kappa shape index (κ3) is 3.44. The molecule has 0 aromatic carbocycles. The molecule has 6 heteroatoms. The van der Waals surface area contributed by atoms with Gasteiger partial charge >= 0.3 is 5.97 Å². The SMILES string of the molecule is CC(C)(C)C(NC(=O)c1sccc1Cl)C(=O)O. The molecule has 1 atom stereocenters. The van der Waals surface area contributed by atoms with Crippen LogP contribution in [0.3, 0.4) is 0 Å². The van der Waals surface area contributed by atoms with Gasteiger partial charge in [-0.05, 0) is 16.9 Å². The fourth-order valence-electron chi connectivity index (χ4n) is 1.30. The predicted octanol–water partition coefficient (Wildman–Crippen LogP) is 2.63. The summed E-state index contributed by atoms with van der Waals surface area (Å²) in [5, 5.41) is 13.6. The molecular weight excluding hydrogens is 262 g/mol. The normalized spacial score (nSPS) is 13.2. The van der Waals surface area contributed by atoms with Crippen molar-refractivity contribution in [3.05, 3.63) is 21.3 Å². The van der Waals surface area contributed by atoms with Crippen LogP contribution in [0.5, 0.6) is 0 Å². The van der Waals surface area contributed by atoms with Gasteiger partial charge in [0.1, 0.15) is 10.9 Å². The first-order valence-electron chi connectivity index (χ1n) is 5.00. The number of thiophene rings is 1. The van der Waals surface area contributed by atoms with Crippen LogP contribution in [0.4, 0.5) is 0 Å². The van der Waals surface area contributed by atoms with Crippen molar-refractivity contribution in [3.63, 3.8) is 0 Å². The number of carboxylic acid groups (broad SMARTS) is 1. The Morgan fingerprint density at radius 1 is 1.47 bits per heavy atom. The highest BCUT2D eigenvalue weighted by Crippen LogP contribution is 2.24. The topological polar surface area (TPSA) is 66.4 Å². The minimum atomic E-state index is -1.06. The minimum Gasteiger partial charge on any atom is -0.480 e. The molecule has 1 aromatic rings. The Labute approximate surface area is 109 Å². The van der Waals surface area contributed by atoms with Gasteiger partial charge in [0.05, 0.1) is 5.02 Å². The van der Waals surface area contributed by atoms with E-state index in [0.29, 0.717) is 9.90 Å². The van der Waals surface area contributed by atoms with Crippen molar-refractivity contribution in [1.29, 1.82) is 0 Å². The third-order valence-corrected chi connectivity index (χ3v) is 3.55. The Kier molecular flexibility index (Phi) is 4.16. The minimum absolute atomic E-state index is 0.335. The van der Waals surface area contributed by atoms with Crippen LogP contribution < -0.4 is 5.32 Å². The van der Waals surface area contributed by atoms with Gasteiger partial charge in [0.2, 0.25) is 0 Å². The lowest BCUT2D eigenvalue weighted by molar-refractivity contribution is -0.142. The molecule has 0 aliphatic rings. The van der Waals surface area contributed by atoms with Gasteiger partial charge in [0, 0.05) is 0 Å². The fourth-order valence-corrected chi connectivity index (χ4v) is 2.35. The second kappa shape index (κ2) is 5.06. The molecule has 0 bridgehead atoms. The summed E-state index contributed by atoms with van der Waals surface area (Å²) in [5.41, 5.74) is -0.564. The standard InChI is InChI=1S/C11H14ClNO3S/c1-11(2,3)8(10(15)16)13-9(14)7-6(12)4-5-17-7/h4-5,8H,1-3H3,(H,13,14)(H,15,16). The van der Waals surface area contributed by atoms with Gasteiger partial charge in [-0.25, -0.2) is 4.79 Å². The highest BCUT2D eigenvalue weighted by atomic mass is 35.5. The van der Waals surface area contributed by atoms with E-state index in [1.165, 1.54) is 11.3 Å². The van der Waals surface area contributed by atoms with E-state index in [4.69, 9.17) is 16.7 Å². The van der Waals surface area contributed by atoms with E-state index in [0.717, 1.165) is 0 Å². The molecule has 0 aliphatic heterocycles. The molecule has 1 aromatic heterocycles. The summed E-state index contributed by atoms with van der Waals surface area (Å²) >= 11 is 7.00. The highest BCUT2D eigenvalue weighted by Gasteiger charge is 2.33. The zero-order chi connectivity index (χ0) is 13.2. The van der Waals surface area contributed by atoms with E-state index in [-0.39, 0.29) is 0 Å². The maximum Gasteiger partial charge on any atom is 0.326 e. The maximum absolute atomic E-state index is 11.8. The van der Waals surface area contributed by atoms with Crippen molar-refractivity contribution in [2.45, 2.75) is 26.8 Å². The van der Waals surface area contributed by atoms with Gasteiger partial charge in [-0.1, -0.05) is 32.4 Å². The van der Waals surface area contributed by atoms with Crippen LogP contribution in [0.2, 0.25) is 5.02 Å². The van der Waals surface area contributed by atoms with Crippen LogP contribution >= 0.6 is 22.9 Å². The molecule has 1 heterocycles. The van der Waals surface area contributed by atoms with E-state index >= 15 is 0 Å². The summed E-state index contributed by atoms with van der Waals surface area (Å²) in [6, 6.07) is 0.654. The molecule has 1 unspecified atom stereocenters. The fraction of sp³-hybridized carbons (Fsp3) is 0.455. The Morgan fingerprint density at radius 2 is 2.06 bits per heavy atom. The van der Waals surface area contributed by atoms with E-state index in [1.54, 1.807) is 32.2 Å². The van der Waals surface area contributed by atoms with Crippen molar-refractivity contribution in [2.24, 2.45) is 5.41 Å². The van der Waals surface area contributed by atoms with Crippen LogP contribution in [0.1, 0.15) is 30.4 Å². The molecule has 0 aliphatic carbocycles. The van der Waals surface area contributed by atoms with Crippen molar-refractivity contribution >= 4 is 34.8 Å². The molecule has 4 nitrogen and oxygen atoms in total. The number of nitrogens with one attached hydrogen (secondary N) is 1. The Bertz CT molecular complexity index is 436. The molecule has 0 spiro atoms. The van der Waals surface area contributed by atoms with Crippen molar-refractivity contribution in [3.8, 4) is 0 Å². The number of carbonyl (C=O) groups is 2. The Hall–Kier alpha value is -1.07. The quantitative estimate of drug-likeness (QED) is 0.891. The monoisotopic (exact) mass is 275 g/mol. The maximum atomic E-state index is 11.8. The van der Waals surface area contributed by atoms with Crippen LogP contribution in [-0.4, -0.2) is 23.0 Å². The summed E-state index contributed by atoms with van der Waals surface area (Å²) in [6.07, 6.45) is 0. The van der Waals surface area contributed by atoms with Crippen molar-refractivity contribution in [1.82, 2.24) is 5.32 Å². The molecule has 1 rings (SSSR count). The van der Waals surface area contributed by atoms with E-state index in [2.05, 4.69) is 5.32 Å². The Balaban J connectivity index is 2.86. The molecule has 17 heavy (non-hydrogen) atoms. The lowest BCUT2D eigenvalue weighted by Gasteiger charge is -2.27. The first-order chi connectivity index (χ1) is 7.73. The van der Waals surface area contributed by atoms with Gasteiger partial charge in [0.15, 0.2) is 0 Å². The summed E-state index contributed by atoms with van der Waals surface area (Å²) in [6.45, 7) is 5.26. The molecule has 2 N–H and O–H groups in total. The average molecular weight is 276 g/mol. The van der Waals surface area contributed by atoms with Gasteiger partial charge in [-0.3, -0.25) is 4.79 Å². The van der Waals surface area contributed by atoms with Gasteiger partial charge in [-0.15, -0.1) is 11.3 Å². The number of carbonyl (C=O) groups excluding carboxylic acids is 1. The first kappa shape index (κ1) is 14.0. The highest BCUT2D eigenvalue weighted by molar-refractivity contribution is 7.12. The van der Waals surface area contributed by atoms with Crippen molar-refractivity contribution in [2.75, 3.05) is 0 Å². The lowest BCUT2D eigenvalue weighted by Crippen LogP contribution is -2.48. The summed E-state index contributed by atoms with van der Waals surface area (Å²) in [4.78, 5) is 23.3. The second-order valence-corrected chi connectivity index (χ2v) is 6.03. The third-order valence-electron chi connectivity index (χ3n) is 2.21. The number of halogens is 1. The summed E-state index contributed by atoms with van der Waals surface area (Å²) < 4.78 is 0. The number of hydrogen-bond acceptors (Lipinski definition) is 3. The molecule has 0 fully saturated rings. The van der Waals surface area contributed by atoms with E-state index in [1.807, 2.05) is 0 Å². The van der Waals surface area contributed by atoms with Crippen molar-refractivity contribution < 1.29 is 14.7 Å². The molecule has 1 amide bonds. The molecule has 0 saturated heterocycles. The average Bonchev–Trinajstić information content (AvgIpc) is 2.58. The van der Waals surface area contributed by atoms with Gasteiger partial charge in [-0.2, -0.15) is 0 Å².